The molecule has 7 nitrogen and oxygen atoms in total. The summed E-state index contributed by atoms with van der Waals surface area (Å²) in [6.07, 6.45) is 2.29. The Morgan fingerprint density at radius 3 is 2.83 bits per heavy atom. The summed E-state index contributed by atoms with van der Waals surface area (Å²) >= 11 is 1.37. The highest BCUT2D eigenvalue weighted by Crippen LogP contribution is 2.26. The summed E-state index contributed by atoms with van der Waals surface area (Å²) < 4.78 is 6.83. The summed E-state index contributed by atoms with van der Waals surface area (Å²) in [4.78, 5) is 12.5. The second-order valence-corrected chi connectivity index (χ2v) is 6.32. The van der Waals surface area contributed by atoms with Crippen molar-refractivity contribution in [2.24, 2.45) is 0 Å². The Labute approximate surface area is 143 Å². The van der Waals surface area contributed by atoms with E-state index in [-0.39, 0.29) is 11.2 Å². The van der Waals surface area contributed by atoms with Gasteiger partial charge in [-0.25, -0.2) is 0 Å². The second-order valence-electron chi connectivity index (χ2n) is 5.15. The van der Waals surface area contributed by atoms with Crippen molar-refractivity contribution in [3.05, 3.63) is 48.5 Å². The zero-order valence-electron chi connectivity index (χ0n) is 13.3. The van der Waals surface area contributed by atoms with Crippen LogP contribution in [0.5, 0.6) is 0 Å². The van der Waals surface area contributed by atoms with Gasteiger partial charge in [0.05, 0.1) is 5.25 Å². The lowest BCUT2D eigenvalue weighted by Crippen LogP contribution is -2.25. The fourth-order valence-corrected chi connectivity index (χ4v) is 3.10. The molecular weight excluding hydrogens is 326 g/mol. The standard InChI is InChI=1S/C16H17N5O2S/c1-3-13(15(22)18-14-9-11(2)23-20-14)24-16-19-17-10-21(16)12-7-5-4-6-8-12/h4-10,13H,3H2,1-2H3,(H,18,20,22)/t13-/m1/s1. The molecule has 0 fully saturated rings. The maximum atomic E-state index is 12.5. The van der Waals surface area contributed by atoms with Crippen molar-refractivity contribution >= 4 is 23.5 Å². The fraction of sp³-hybridized carbons (Fsp3) is 0.250. The smallest absolute Gasteiger partial charge is 0.239 e. The molecule has 0 aliphatic carbocycles. The molecule has 1 amide bonds. The average Bonchev–Trinajstić information content (AvgIpc) is 3.22. The maximum absolute atomic E-state index is 12.5. The molecule has 3 rings (SSSR count). The minimum atomic E-state index is -0.311. The van der Waals surface area contributed by atoms with Crippen LogP contribution in [0.4, 0.5) is 5.82 Å². The number of aryl methyl sites for hydroxylation is 1. The lowest BCUT2D eigenvalue weighted by atomic mass is 10.3. The summed E-state index contributed by atoms with van der Waals surface area (Å²) in [5.74, 6) is 0.925. The van der Waals surface area contributed by atoms with Crippen LogP contribution in [0.1, 0.15) is 19.1 Å². The monoisotopic (exact) mass is 343 g/mol. The number of thioether (sulfide) groups is 1. The third-order valence-electron chi connectivity index (χ3n) is 3.34. The highest BCUT2D eigenvalue weighted by atomic mass is 32.2. The topological polar surface area (TPSA) is 85.8 Å². The van der Waals surface area contributed by atoms with E-state index in [1.54, 1.807) is 19.3 Å². The van der Waals surface area contributed by atoms with Gasteiger partial charge in [-0.3, -0.25) is 9.36 Å². The molecule has 0 aliphatic rings. The normalized spacial score (nSPS) is 12.1. The van der Waals surface area contributed by atoms with Crippen molar-refractivity contribution < 1.29 is 9.32 Å². The molecule has 8 heteroatoms. The van der Waals surface area contributed by atoms with Crippen molar-refractivity contribution in [1.29, 1.82) is 0 Å². The van der Waals surface area contributed by atoms with E-state index in [0.29, 0.717) is 23.2 Å². The lowest BCUT2D eigenvalue weighted by Gasteiger charge is -2.13. The van der Waals surface area contributed by atoms with Gasteiger partial charge in [-0.2, -0.15) is 0 Å². The van der Waals surface area contributed by atoms with E-state index in [4.69, 9.17) is 4.52 Å². The van der Waals surface area contributed by atoms with Gasteiger partial charge in [0.2, 0.25) is 5.91 Å². The Kier molecular flexibility index (Phi) is 4.95. The quantitative estimate of drug-likeness (QED) is 0.692. The van der Waals surface area contributed by atoms with Gasteiger partial charge >= 0.3 is 0 Å². The summed E-state index contributed by atoms with van der Waals surface area (Å²) in [7, 11) is 0. The summed E-state index contributed by atoms with van der Waals surface area (Å²) in [6.45, 7) is 3.73. The first-order valence-electron chi connectivity index (χ1n) is 7.53. The highest BCUT2D eigenvalue weighted by molar-refractivity contribution is 8.00. The summed E-state index contributed by atoms with van der Waals surface area (Å²) in [6, 6.07) is 11.4. The van der Waals surface area contributed by atoms with Crippen LogP contribution < -0.4 is 5.32 Å². The number of benzene rings is 1. The Bertz CT molecular complexity index is 815. The molecule has 0 bridgehead atoms. The van der Waals surface area contributed by atoms with Gasteiger partial charge in [-0.05, 0) is 25.5 Å². The van der Waals surface area contributed by atoms with Crippen LogP contribution in [0, 0.1) is 6.92 Å². The molecule has 0 saturated heterocycles. The molecule has 0 unspecified atom stereocenters. The maximum Gasteiger partial charge on any atom is 0.239 e. The van der Waals surface area contributed by atoms with E-state index in [0.717, 1.165) is 5.69 Å². The Morgan fingerprint density at radius 1 is 1.38 bits per heavy atom. The zero-order valence-corrected chi connectivity index (χ0v) is 14.2. The van der Waals surface area contributed by atoms with Gasteiger partial charge in [0.1, 0.15) is 12.1 Å². The molecule has 24 heavy (non-hydrogen) atoms. The van der Waals surface area contributed by atoms with Crippen LogP contribution in [0.3, 0.4) is 0 Å². The largest absolute Gasteiger partial charge is 0.360 e. The van der Waals surface area contributed by atoms with Crippen LogP contribution in [-0.2, 0) is 4.79 Å². The first kappa shape index (κ1) is 16.3. The third-order valence-corrected chi connectivity index (χ3v) is 4.66. The predicted molar refractivity (Wildman–Crippen MR) is 91.2 cm³/mol. The van der Waals surface area contributed by atoms with Crippen LogP contribution >= 0.6 is 11.8 Å². The van der Waals surface area contributed by atoms with Gasteiger partial charge in [-0.15, -0.1) is 10.2 Å². The van der Waals surface area contributed by atoms with Crippen molar-refractivity contribution in [2.75, 3.05) is 5.32 Å². The van der Waals surface area contributed by atoms with Gasteiger partial charge in [0.25, 0.3) is 0 Å². The van der Waals surface area contributed by atoms with Gasteiger partial charge in [0, 0.05) is 11.8 Å². The molecule has 1 aromatic carbocycles. The van der Waals surface area contributed by atoms with Crippen LogP contribution in [0.25, 0.3) is 5.69 Å². The van der Waals surface area contributed by atoms with E-state index in [2.05, 4.69) is 20.7 Å². The number of amides is 1. The summed E-state index contributed by atoms with van der Waals surface area (Å²) in [5.41, 5.74) is 0.951. The van der Waals surface area contributed by atoms with Crippen molar-refractivity contribution in [2.45, 2.75) is 30.7 Å². The first-order chi connectivity index (χ1) is 11.7. The molecule has 2 aromatic heterocycles. The number of nitrogens with one attached hydrogen (secondary N) is 1. The van der Waals surface area contributed by atoms with E-state index in [9.17, 15) is 4.79 Å². The van der Waals surface area contributed by atoms with Crippen LogP contribution in [-0.4, -0.2) is 31.1 Å². The van der Waals surface area contributed by atoms with Gasteiger partial charge in [0.15, 0.2) is 11.0 Å². The number of carbonyl (C=O) groups excluding carboxylic acids is 1. The fourth-order valence-electron chi connectivity index (χ4n) is 2.15. The Morgan fingerprint density at radius 2 is 2.17 bits per heavy atom. The number of aromatic nitrogens is 4. The molecule has 2 heterocycles. The van der Waals surface area contributed by atoms with Crippen LogP contribution in [0.15, 0.2) is 52.4 Å². The van der Waals surface area contributed by atoms with Gasteiger partial charge in [-0.1, -0.05) is 42.0 Å². The van der Waals surface area contributed by atoms with Crippen molar-refractivity contribution in [3.63, 3.8) is 0 Å². The number of anilines is 1. The zero-order chi connectivity index (χ0) is 16.9. The molecule has 3 aromatic rings. The highest BCUT2D eigenvalue weighted by Gasteiger charge is 2.22. The molecule has 1 N–H and O–H groups in total. The number of nitrogens with zero attached hydrogens (tertiary/aromatic N) is 4. The Hall–Kier alpha value is -2.61. The van der Waals surface area contributed by atoms with Crippen molar-refractivity contribution in [3.8, 4) is 5.69 Å². The summed E-state index contributed by atoms with van der Waals surface area (Å²) in [5, 5.41) is 15.0. The average molecular weight is 343 g/mol. The number of para-hydroxylation sites is 1. The molecular formula is C16H17N5O2S. The number of rotatable bonds is 6. The molecule has 0 saturated carbocycles. The third kappa shape index (κ3) is 3.65. The SMILES string of the molecule is CC[C@@H](Sc1nncn1-c1ccccc1)C(=O)Nc1cc(C)on1. The second kappa shape index (κ2) is 7.31. The number of hydrogen-bond acceptors (Lipinski definition) is 6. The number of hydrogen-bond donors (Lipinski definition) is 1. The lowest BCUT2D eigenvalue weighted by molar-refractivity contribution is -0.115. The number of carbonyl (C=O) groups is 1. The van der Waals surface area contributed by atoms with Gasteiger partial charge < -0.3 is 9.84 Å². The molecule has 0 aliphatic heterocycles. The molecule has 1 atom stereocenters. The van der Waals surface area contributed by atoms with Crippen molar-refractivity contribution in [1.82, 2.24) is 19.9 Å². The molecule has 0 radical (unpaired) electrons. The van der Waals surface area contributed by atoms with E-state index in [1.807, 2.05) is 41.8 Å². The van der Waals surface area contributed by atoms with E-state index < -0.39 is 0 Å². The van der Waals surface area contributed by atoms with E-state index in [1.165, 1.54) is 11.8 Å². The first-order valence-corrected chi connectivity index (χ1v) is 8.41. The van der Waals surface area contributed by atoms with Crippen LogP contribution in [0.2, 0.25) is 0 Å². The minimum Gasteiger partial charge on any atom is -0.360 e. The predicted octanol–water partition coefficient (Wildman–Crippen LogP) is 3.07. The minimum absolute atomic E-state index is 0.140. The molecule has 0 spiro atoms. The Balaban J connectivity index is 1.74. The molecule has 124 valence electrons. The van der Waals surface area contributed by atoms with E-state index >= 15 is 0 Å².